The van der Waals surface area contributed by atoms with Crippen molar-refractivity contribution in [3.05, 3.63) is 35.4 Å². The van der Waals surface area contributed by atoms with Gasteiger partial charge >= 0.3 is 0 Å². The van der Waals surface area contributed by atoms with E-state index in [0.717, 1.165) is 31.5 Å². The van der Waals surface area contributed by atoms with Crippen LogP contribution in [-0.4, -0.2) is 29.9 Å². The van der Waals surface area contributed by atoms with E-state index in [2.05, 4.69) is 26.0 Å². The van der Waals surface area contributed by atoms with Crippen LogP contribution in [0, 0.1) is 12.8 Å². The second kappa shape index (κ2) is 6.18. The van der Waals surface area contributed by atoms with Gasteiger partial charge < -0.3 is 10.6 Å². The predicted molar refractivity (Wildman–Crippen MR) is 87.2 cm³/mol. The lowest BCUT2D eigenvalue weighted by molar-refractivity contribution is -0.137. The molecule has 1 unspecified atom stereocenters. The lowest BCUT2D eigenvalue weighted by atomic mass is 9.80. The Balaban J connectivity index is 2.11. The van der Waals surface area contributed by atoms with Crippen molar-refractivity contribution in [2.75, 3.05) is 13.1 Å². The Morgan fingerprint density at radius 2 is 1.86 bits per heavy atom. The highest BCUT2D eigenvalue weighted by atomic mass is 16.2. The Morgan fingerprint density at radius 1 is 1.29 bits per heavy atom. The summed E-state index contributed by atoms with van der Waals surface area (Å²) in [5.74, 6) is 0.788. The van der Waals surface area contributed by atoms with E-state index in [9.17, 15) is 4.79 Å². The first-order valence-electron chi connectivity index (χ1n) is 7.95. The molecule has 1 fully saturated rings. The number of carbonyl (C=O) groups excluding carboxylic acids is 1. The summed E-state index contributed by atoms with van der Waals surface area (Å²) in [6.45, 7) is 9.89. The molecule has 1 amide bonds. The molecule has 1 heterocycles. The van der Waals surface area contributed by atoms with Crippen LogP contribution in [0.3, 0.4) is 0 Å². The molecule has 2 N–H and O–H groups in total. The molecule has 0 saturated carbocycles. The molecule has 0 bridgehead atoms. The highest BCUT2D eigenvalue weighted by molar-refractivity contribution is 5.87. The number of hydrogen-bond acceptors (Lipinski definition) is 2. The summed E-state index contributed by atoms with van der Waals surface area (Å²) < 4.78 is 0. The molecule has 0 aromatic heterocycles. The first-order chi connectivity index (χ1) is 9.84. The van der Waals surface area contributed by atoms with Crippen molar-refractivity contribution < 1.29 is 4.79 Å². The predicted octanol–water partition coefficient (Wildman–Crippen LogP) is 2.86. The molecule has 116 valence electrons. The van der Waals surface area contributed by atoms with Gasteiger partial charge in [-0.3, -0.25) is 4.79 Å². The Hall–Kier alpha value is -1.35. The molecule has 1 aromatic rings. The SMILES string of the molecule is Cc1ccccc1C(C)(C)C(=O)N1CCC(C(C)N)CC1. The highest BCUT2D eigenvalue weighted by Crippen LogP contribution is 2.30. The van der Waals surface area contributed by atoms with Crippen LogP contribution in [0.1, 0.15) is 44.7 Å². The number of hydrogen-bond donors (Lipinski definition) is 1. The van der Waals surface area contributed by atoms with E-state index in [4.69, 9.17) is 5.73 Å². The average molecular weight is 288 g/mol. The third kappa shape index (κ3) is 3.29. The van der Waals surface area contributed by atoms with E-state index < -0.39 is 5.41 Å². The number of nitrogens with two attached hydrogens (primary N) is 1. The lowest BCUT2D eigenvalue weighted by Crippen LogP contribution is -2.48. The molecular weight excluding hydrogens is 260 g/mol. The minimum absolute atomic E-state index is 0.228. The van der Waals surface area contributed by atoms with E-state index in [1.165, 1.54) is 5.56 Å². The Morgan fingerprint density at radius 3 is 2.38 bits per heavy atom. The molecule has 0 aliphatic carbocycles. The molecule has 3 nitrogen and oxygen atoms in total. The summed E-state index contributed by atoms with van der Waals surface area (Å²) >= 11 is 0. The lowest BCUT2D eigenvalue weighted by Gasteiger charge is -2.38. The van der Waals surface area contributed by atoms with Gasteiger partial charge in [0, 0.05) is 19.1 Å². The van der Waals surface area contributed by atoms with Gasteiger partial charge in [-0.2, -0.15) is 0 Å². The number of nitrogens with zero attached hydrogens (tertiary/aromatic N) is 1. The first-order valence-corrected chi connectivity index (χ1v) is 7.95. The van der Waals surface area contributed by atoms with Gasteiger partial charge in [0.25, 0.3) is 0 Å². The second-order valence-electron chi connectivity index (χ2n) is 6.93. The fraction of sp³-hybridized carbons (Fsp3) is 0.611. The summed E-state index contributed by atoms with van der Waals surface area (Å²) in [6.07, 6.45) is 2.04. The van der Waals surface area contributed by atoms with Gasteiger partial charge in [-0.15, -0.1) is 0 Å². The monoisotopic (exact) mass is 288 g/mol. The van der Waals surface area contributed by atoms with Crippen LogP contribution in [0.5, 0.6) is 0 Å². The fourth-order valence-corrected chi connectivity index (χ4v) is 3.41. The molecule has 21 heavy (non-hydrogen) atoms. The second-order valence-corrected chi connectivity index (χ2v) is 6.93. The minimum atomic E-state index is -0.466. The van der Waals surface area contributed by atoms with E-state index in [0.29, 0.717) is 5.92 Å². The van der Waals surface area contributed by atoms with E-state index in [1.54, 1.807) is 0 Å². The quantitative estimate of drug-likeness (QED) is 0.929. The molecule has 3 heteroatoms. The van der Waals surface area contributed by atoms with Gasteiger partial charge in [0.2, 0.25) is 5.91 Å². The number of benzene rings is 1. The van der Waals surface area contributed by atoms with Crippen molar-refractivity contribution in [3.8, 4) is 0 Å². The molecule has 0 radical (unpaired) electrons. The van der Waals surface area contributed by atoms with Crippen molar-refractivity contribution >= 4 is 5.91 Å². The van der Waals surface area contributed by atoms with Crippen LogP contribution in [0.25, 0.3) is 0 Å². The van der Waals surface area contributed by atoms with Gasteiger partial charge in [0.05, 0.1) is 5.41 Å². The molecule has 1 aliphatic heterocycles. The van der Waals surface area contributed by atoms with Crippen molar-refractivity contribution in [3.63, 3.8) is 0 Å². The maximum atomic E-state index is 12.9. The van der Waals surface area contributed by atoms with Crippen LogP contribution in [0.15, 0.2) is 24.3 Å². The summed E-state index contributed by atoms with van der Waals surface area (Å²) in [5, 5.41) is 0. The Bertz CT molecular complexity index is 500. The number of rotatable bonds is 3. The van der Waals surface area contributed by atoms with Gasteiger partial charge in [-0.25, -0.2) is 0 Å². The third-order valence-corrected chi connectivity index (χ3v) is 4.92. The highest BCUT2D eigenvalue weighted by Gasteiger charge is 2.36. The maximum Gasteiger partial charge on any atom is 0.232 e. The summed E-state index contributed by atoms with van der Waals surface area (Å²) in [5.41, 5.74) is 7.83. The van der Waals surface area contributed by atoms with Crippen LogP contribution < -0.4 is 5.73 Å². The molecule has 1 aromatic carbocycles. The smallest absolute Gasteiger partial charge is 0.232 e. The third-order valence-electron chi connectivity index (χ3n) is 4.92. The zero-order valence-corrected chi connectivity index (χ0v) is 13.7. The molecule has 1 aliphatic rings. The van der Waals surface area contributed by atoms with Crippen LogP contribution >= 0.6 is 0 Å². The number of carbonyl (C=O) groups is 1. The topological polar surface area (TPSA) is 46.3 Å². The van der Waals surface area contributed by atoms with Gasteiger partial charge in [0.15, 0.2) is 0 Å². The van der Waals surface area contributed by atoms with Crippen molar-refractivity contribution in [2.45, 2.75) is 52.0 Å². The van der Waals surface area contributed by atoms with Gasteiger partial charge in [0.1, 0.15) is 0 Å². The molecule has 1 atom stereocenters. The maximum absolute atomic E-state index is 12.9. The largest absolute Gasteiger partial charge is 0.342 e. The number of aryl methyl sites for hydroxylation is 1. The van der Waals surface area contributed by atoms with Crippen LogP contribution in [-0.2, 0) is 10.2 Å². The Labute approximate surface area is 128 Å². The fourth-order valence-electron chi connectivity index (χ4n) is 3.41. The molecular formula is C18H28N2O. The number of likely N-dealkylation sites (tertiary alicyclic amines) is 1. The first kappa shape index (κ1) is 16.0. The molecule has 2 rings (SSSR count). The normalized spacial score (nSPS) is 18.6. The number of piperidine rings is 1. The van der Waals surface area contributed by atoms with Crippen molar-refractivity contribution in [1.29, 1.82) is 0 Å². The zero-order chi connectivity index (χ0) is 15.6. The summed E-state index contributed by atoms with van der Waals surface area (Å²) in [7, 11) is 0. The van der Waals surface area contributed by atoms with E-state index in [-0.39, 0.29) is 11.9 Å². The van der Waals surface area contributed by atoms with E-state index >= 15 is 0 Å². The van der Waals surface area contributed by atoms with Crippen molar-refractivity contribution in [1.82, 2.24) is 4.90 Å². The standard InChI is InChI=1S/C18H28N2O/c1-13-7-5-6-8-16(13)18(3,4)17(21)20-11-9-15(10-12-20)14(2)19/h5-8,14-15H,9-12,19H2,1-4H3. The van der Waals surface area contributed by atoms with Crippen LogP contribution in [0.2, 0.25) is 0 Å². The minimum Gasteiger partial charge on any atom is -0.342 e. The van der Waals surface area contributed by atoms with E-state index in [1.807, 2.05) is 30.9 Å². The number of amides is 1. The Kier molecular flexibility index (Phi) is 4.72. The molecule has 1 saturated heterocycles. The average Bonchev–Trinajstić information content (AvgIpc) is 2.46. The van der Waals surface area contributed by atoms with Gasteiger partial charge in [-0.1, -0.05) is 24.3 Å². The van der Waals surface area contributed by atoms with Gasteiger partial charge in [-0.05, 0) is 57.6 Å². The zero-order valence-electron chi connectivity index (χ0n) is 13.7. The molecule has 0 spiro atoms. The van der Waals surface area contributed by atoms with Crippen molar-refractivity contribution in [2.24, 2.45) is 11.7 Å². The summed E-state index contributed by atoms with van der Waals surface area (Å²) in [6, 6.07) is 8.41. The summed E-state index contributed by atoms with van der Waals surface area (Å²) in [4.78, 5) is 15.0. The van der Waals surface area contributed by atoms with Crippen LogP contribution in [0.4, 0.5) is 0 Å².